The maximum Gasteiger partial charge on any atom is 0.0755 e. The van der Waals surface area contributed by atoms with Crippen molar-refractivity contribution in [2.45, 2.75) is 4.83 Å². The first kappa shape index (κ1) is 7.22. The minimum absolute atomic E-state index is 0.0804. The monoisotopic (exact) mass is 249 g/mol. The Balaban J connectivity index is 2.86. The highest BCUT2D eigenvalue weighted by Gasteiger charge is 2.11. The summed E-state index contributed by atoms with van der Waals surface area (Å²) in [4.78, 5) is 0.0804. The Morgan fingerprint density at radius 1 is 1.56 bits per heavy atom. The van der Waals surface area contributed by atoms with Crippen LogP contribution in [0.2, 0.25) is 0 Å². The predicted molar refractivity (Wildman–Crippen MR) is 46.6 cm³/mol. The van der Waals surface area contributed by atoms with Gasteiger partial charge >= 0.3 is 0 Å². The molecule has 0 bridgehead atoms. The molecule has 0 saturated carbocycles. The van der Waals surface area contributed by atoms with Crippen LogP contribution in [0.3, 0.4) is 0 Å². The Morgan fingerprint density at radius 2 is 2.22 bits per heavy atom. The molecule has 48 valence electrons. The fourth-order valence-electron chi connectivity index (χ4n) is 0.555. The average molecular weight is 251 g/mol. The molecule has 0 fully saturated rings. The van der Waals surface area contributed by atoms with Gasteiger partial charge in [-0.05, 0) is 22.0 Å². The van der Waals surface area contributed by atoms with Gasteiger partial charge in [0.05, 0.1) is 10.5 Å². The topological polar surface area (TPSA) is 23.9 Å². The van der Waals surface area contributed by atoms with E-state index in [1.807, 2.05) is 18.2 Å². The summed E-state index contributed by atoms with van der Waals surface area (Å²) in [5, 5.41) is 7.39. The van der Waals surface area contributed by atoms with Crippen LogP contribution in [0.1, 0.15) is 0 Å². The first-order chi connectivity index (χ1) is 4.22. The Kier molecular flexibility index (Phi) is 2.24. The van der Waals surface area contributed by atoms with E-state index < -0.39 is 0 Å². The summed E-state index contributed by atoms with van der Waals surface area (Å²) < 4.78 is 0.854. The van der Waals surface area contributed by atoms with Gasteiger partial charge in [0.2, 0.25) is 0 Å². The lowest BCUT2D eigenvalue weighted by atomic mass is 10.2. The summed E-state index contributed by atoms with van der Waals surface area (Å²) >= 11 is 6.56. The van der Waals surface area contributed by atoms with Gasteiger partial charge in [0.15, 0.2) is 0 Å². The molecule has 0 aliphatic heterocycles. The van der Waals surface area contributed by atoms with Gasteiger partial charge < -0.3 is 5.41 Å². The van der Waals surface area contributed by atoms with Crippen LogP contribution < -0.4 is 0 Å². The highest BCUT2D eigenvalue weighted by molar-refractivity contribution is 9.12. The first-order valence-electron chi connectivity index (χ1n) is 2.48. The van der Waals surface area contributed by atoms with Crippen molar-refractivity contribution >= 4 is 37.6 Å². The summed E-state index contributed by atoms with van der Waals surface area (Å²) in [6, 6.07) is 0. The molecule has 0 heterocycles. The average Bonchev–Trinajstić information content (AvgIpc) is 1.83. The second kappa shape index (κ2) is 2.80. The molecular formula is C6H5Br2N. The van der Waals surface area contributed by atoms with E-state index in [-0.39, 0.29) is 4.83 Å². The largest absolute Gasteiger partial charge is 0.303 e. The number of hydrogen-bond donors (Lipinski definition) is 1. The zero-order valence-electron chi connectivity index (χ0n) is 4.57. The van der Waals surface area contributed by atoms with Crippen molar-refractivity contribution in [3.8, 4) is 0 Å². The number of allylic oxidation sites excluding steroid dienone is 4. The standard InChI is InChI=1S/C6H5Br2N/c7-4-2-1-3-5(8)6(4)9/h1-4,9H. The van der Waals surface area contributed by atoms with Gasteiger partial charge in [0.25, 0.3) is 0 Å². The Hall–Kier alpha value is 0.110. The molecular weight excluding hydrogens is 246 g/mol. The minimum atomic E-state index is 0.0804. The molecule has 1 N–H and O–H groups in total. The van der Waals surface area contributed by atoms with Gasteiger partial charge in [-0.1, -0.05) is 28.1 Å². The van der Waals surface area contributed by atoms with Crippen molar-refractivity contribution in [2.75, 3.05) is 0 Å². The summed E-state index contributed by atoms with van der Waals surface area (Å²) in [6.07, 6.45) is 5.70. The van der Waals surface area contributed by atoms with Crippen molar-refractivity contribution in [3.63, 3.8) is 0 Å². The number of alkyl halides is 1. The molecule has 1 aliphatic rings. The molecule has 0 spiro atoms. The Labute approximate surface area is 70.6 Å². The Morgan fingerprint density at radius 3 is 2.67 bits per heavy atom. The lowest BCUT2D eigenvalue weighted by Gasteiger charge is -2.08. The summed E-state index contributed by atoms with van der Waals surface area (Å²) in [5.74, 6) is 0. The van der Waals surface area contributed by atoms with Gasteiger partial charge in [-0.25, -0.2) is 0 Å². The van der Waals surface area contributed by atoms with E-state index in [2.05, 4.69) is 31.9 Å². The van der Waals surface area contributed by atoms with E-state index >= 15 is 0 Å². The molecule has 1 rings (SSSR count). The molecule has 0 aromatic rings. The van der Waals surface area contributed by atoms with Crippen LogP contribution in [0.5, 0.6) is 0 Å². The second-order valence-corrected chi connectivity index (χ2v) is 3.56. The normalized spacial score (nSPS) is 26.2. The van der Waals surface area contributed by atoms with Crippen LogP contribution in [0, 0.1) is 5.41 Å². The molecule has 0 amide bonds. The van der Waals surface area contributed by atoms with Crippen molar-refractivity contribution in [1.82, 2.24) is 0 Å². The zero-order valence-corrected chi connectivity index (χ0v) is 7.74. The van der Waals surface area contributed by atoms with Crippen LogP contribution in [-0.2, 0) is 0 Å². The summed E-state index contributed by atoms with van der Waals surface area (Å²) in [7, 11) is 0. The van der Waals surface area contributed by atoms with Gasteiger partial charge in [-0.2, -0.15) is 0 Å². The van der Waals surface area contributed by atoms with Crippen molar-refractivity contribution in [1.29, 1.82) is 5.41 Å². The molecule has 1 aliphatic carbocycles. The van der Waals surface area contributed by atoms with E-state index in [1.165, 1.54) is 0 Å². The Bertz CT molecular complexity index is 193. The smallest absolute Gasteiger partial charge is 0.0755 e. The molecule has 3 heteroatoms. The van der Waals surface area contributed by atoms with Crippen molar-refractivity contribution in [3.05, 3.63) is 22.7 Å². The van der Waals surface area contributed by atoms with Gasteiger partial charge in [0.1, 0.15) is 0 Å². The van der Waals surface area contributed by atoms with E-state index in [0.717, 1.165) is 4.48 Å². The zero-order chi connectivity index (χ0) is 6.85. The second-order valence-electron chi connectivity index (χ2n) is 1.71. The fourth-order valence-corrected chi connectivity index (χ4v) is 1.68. The number of hydrogen-bond acceptors (Lipinski definition) is 1. The van der Waals surface area contributed by atoms with E-state index in [1.54, 1.807) is 0 Å². The molecule has 0 saturated heterocycles. The van der Waals surface area contributed by atoms with Crippen molar-refractivity contribution < 1.29 is 0 Å². The molecule has 1 unspecified atom stereocenters. The SMILES string of the molecule is N=C1C(Br)=CC=CC1Br. The van der Waals surface area contributed by atoms with Crippen LogP contribution in [-0.4, -0.2) is 10.5 Å². The van der Waals surface area contributed by atoms with E-state index in [9.17, 15) is 0 Å². The third kappa shape index (κ3) is 1.52. The molecule has 0 aromatic carbocycles. The number of rotatable bonds is 0. The van der Waals surface area contributed by atoms with Crippen molar-refractivity contribution in [2.24, 2.45) is 0 Å². The van der Waals surface area contributed by atoms with Gasteiger partial charge in [-0.15, -0.1) is 0 Å². The lowest BCUT2D eigenvalue weighted by molar-refractivity contribution is 1.39. The highest BCUT2D eigenvalue weighted by Crippen LogP contribution is 2.19. The molecule has 0 radical (unpaired) electrons. The van der Waals surface area contributed by atoms with Gasteiger partial charge in [0, 0.05) is 4.48 Å². The van der Waals surface area contributed by atoms with Crippen LogP contribution in [0.15, 0.2) is 22.7 Å². The molecule has 9 heavy (non-hydrogen) atoms. The van der Waals surface area contributed by atoms with Gasteiger partial charge in [-0.3, -0.25) is 0 Å². The highest BCUT2D eigenvalue weighted by atomic mass is 79.9. The van der Waals surface area contributed by atoms with Crippen LogP contribution in [0.4, 0.5) is 0 Å². The van der Waals surface area contributed by atoms with E-state index in [0.29, 0.717) is 5.71 Å². The quantitative estimate of drug-likeness (QED) is 0.640. The first-order valence-corrected chi connectivity index (χ1v) is 4.19. The maximum absolute atomic E-state index is 7.39. The third-order valence-electron chi connectivity index (χ3n) is 1.06. The van der Waals surface area contributed by atoms with Crippen LogP contribution >= 0.6 is 31.9 Å². The number of halogens is 2. The van der Waals surface area contributed by atoms with Crippen LogP contribution in [0.25, 0.3) is 0 Å². The number of nitrogens with one attached hydrogen (secondary N) is 1. The minimum Gasteiger partial charge on any atom is -0.303 e. The lowest BCUT2D eigenvalue weighted by Crippen LogP contribution is -2.11. The molecule has 1 atom stereocenters. The predicted octanol–water partition coefficient (Wildman–Crippen LogP) is 2.62. The third-order valence-corrected chi connectivity index (χ3v) is 2.51. The summed E-state index contributed by atoms with van der Waals surface area (Å²) in [5.41, 5.74) is 0.581. The fraction of sp³-hybridized carbons (Fsp3) is 0.167. The maximum atomic E-state index is 7.39. The molecule has 0 aromatic heterocycles. The summed E-state index contributed by atoms with van der Waals surface area (Å²) in [6.45, 7) is 0. The molecule has 1 nitrogen and oxygen atoms in total. The van der Waals surface area contributed by atoms with E-state index in [4.69, 9.17) is 5.41 Å².